The molecule has 0 aliphatic carbocycles. The highest BCUT2D eigenvalue weighted by Gasteiger charge is 2.08. The van der Waals surface area contributed by atoms with Crippen LogP contribution >= 0.6 is 0 Å². The number of benzene rings is 2. The van der Waals surface area contributed by atoms with Crippen LogP contribution in [0.2, 0.25) is 0 Å². The molecule has 0 saturated heterocycles. The van der Waals surface area contributed by atoms with Crippen LogP contribution in [0.25, 0.3) is 0 Å². The maximum absolute atomic E-state index is 11.7. The third kappa shape index (κ3) is 4.62. The molecule has 0 radical (unpaired) electrons. The molecule has 0 aromatic heterocycles. The summed E-state index contributed by atoms with van der Waals surface area (Å²) >= 11 is 0. The Balaban J connectivity index is 1.77. The Morgan fingerprint density at radius 1 is 1.18 bits per heavy atom. The molecule has 5 heteroatoms. The van der Waals surface area contributed by atoms with Crippen LogP contribution in [0.1, 0.15) is 23.7 Å². The second kappa shape index (κ2) is 7.81. The SMILES string of the molecule is N#Cc1cccc(NC(=O)NCC[C@@H](O)c2ccccc2)c1. The molecule has 5 nitrogen and oxygen atoms in total. The van der Waals surface area contributed by atoms with Crippen LogP contribution in [0.5, 0.6) is 0 Å². The number of nitrogens with one attached hydrogen (secondary N) is 2. The lowest BCUT2D eigenvalue weighted by Gasteiger charge is -2.12. The second-order valence-corrected chi connectivity index (χ2v) is 4.79. The first-order chi connectivity index (χ1) is 10.7. The standard InChI is InChI=1S/C17H17N3O2/c18-12-13-5-4-8-15(11-13)20-17(22)19-10-9-16(21)14-6-2-1-3-7-14/h1-8,11,16,21H,9-10H2,(H2,19,20,22)/t16-/m1/s1. The Bertz CT molecular complexity index is 665. The lowest BCUT2D eigenvalue weighted by Crippen LogP contribution is -2.30. The zero-order valence-corrected chi connectivity index (χ0v) is 12.0. The minimum atomic E-state index is -0.608. The number of rotatable bonds is 5. The zero-order valence-electron chi connectivity index (χ0n) is 12.0. The van der Waals surface area contributed by atoms with Crippen LogP contribution in [0.4, 0.5) is 10.5 Å². The van der Waals surface area contributed by atoms with Crippen molar-refractivity contribution in [1.82, 2.24) is 5.32 Å². The van der Waals surface area contributed by atoms with E-state index in [2.05, 4.69) is 10.6 Å². The smallest absolute Gasteiger partial charge is 0.319 e. The third-order valence-corrected chi connectivity index (χ3v) is 3.14. The fourth-order valence-electron chi connectivity index (χ4n) is 2.01. The van der Waals surface area contributed by atoms with Crippen molar-refractivity contribution in [2.45, 2.75) is 12.5 Å². The highest BCUT2D eigenvalue weighted by molar-refractivity contribution is 5.89. The van der Waals surface area contributed by atoms with Gasteiger partial charge in [-0.05, 0) is 30.2 Å². The molecule has 0 aliphatic rings. The van der Waals surface area contributed by atoms with Crippen LogP contribution in [0.3, 0.4) is 0 Å². The van der Waals surface area contributed by atoms with Crippen molar-refractivity contribution in [2.75, 3.05) is 11.9 Å². The third-order valence-electron chi connectivity index (χ3n) is 3.14. The molecule has 1 atom stereocenters. The minimum Gasteiger partial charge on any atom is -0.388 e. The number of hydrogen-bond donors (Lipinski definition) is 3. The number of amides is 2. The van der Waals surface area contributed by atoms with Gasteiger partial charge < -0.3 is 15.7 Å². The van der Waals surface area contributed by atoms with Crippen molar-refractivity contribution in [3.63, 3.8) is 0 Å². The Morgan fingerprint density at radius 2 is 1.95 bits per heavy atom. The van der Waals surface area contributed by atoms with Crippen molar-refractivity contribution < 1.29 is 9.90 Å². The summed E-state index contributed by atoms with van der Waals surface area (Å²) in [5, 5.41) is 24.1. The van der Waals surface area contributed by atoms with Gasteiger partial charge in [-0.25, -0.2) is 4.79 Å². The van der Waals surface area contributed by atoms with E-state index in [9.17, 15) is 9.90 Å². The van der Waals surface area contributed by atoms with Gasteiger partial charge in [-0.3, -0.25) is 0 Å². The van der Waals surface area contributed by atoms with Gasteiger partial charge >= 0.3 is 6.03 Å². The normalized spacial score (nSPS) is 11.3. The Kier molecular flexibility index (Phi) is 5.52. The fraction of sp³-hybridized carbons (Fsp3) is 0.176. The molecule has 0 spiro atoms. The first-order valence-corrected chi connectivity index (χ1v) is 6.97. The second-order valence-electron chi connectivity index (χ2n) is 4.79. The molecule has 0 heterocycles. The summed E-state index contributed by atoms with van der Waals surface area (Å²) in [6, 6.07) is 17.6. The van der Waals surface area contributed by atoms with Crippen molar-refractivity contribution in [1.29, 1.82) is 5.26 Å². The zero-order chi connectivity index (χ0) is 15.8. The molecule has 0 aliphatic heterocycles. The molecule has 2 rings (SSSR count). The van der Waals surface area contributed by atoms with E-state index in [1.54, 1.807) is 24.3 Å². The molecule has 0 saturated carbocycles. The van der Waals surface area contributed by atoms with Crippen LogP contribution in [0, 0.1) is 11.3 Å². The molecule has 112 valence electrons. The maximum atomic E-state index is 11.7. The molecule has 0 unspecified atom stereocenters. The van der Waals surface area contributed by atoms with Crippen molar-refractivity contribution in [3.8, 4) is 6.07 Å². The van der Waals surface area contributed by atoms with Gasteiger partial charge in [0.05, 0.1) is 17.7 Å². The monoisotopic (exact) mass is 295 g/mol. The summed E-state index contributed by atoms with van der Waals surface area (Å²) in [6.07, 6.45) is -0.182. The quantitative estimate of drug-likeness (QED) is 0.793. The molecular weight excluding hydrogens is 278 g/mol. The van der Waals surface area contributed by atoms with E-state index in [0.717, 1.165) is 5.56 Å². The minimum absolute atomic E-state index is 0.347. The molecule has 2 aromatic carbocycles. The van der Waals surface area contributed by atoms with Crippen molar-refractivity contribution in [3.05, 3.63) is 65.7 Å². The fourth-order valence-corrected chi connectivity index (χ4v) is 2.01. The van der Waals surface area contributed by atoms with Crippen LogP contribution in [-0.4, -0.2) is 17.7 Å². The predicted molar refractivity (Wildman–Crippen MR) is 84.2 cm³/mol. The van der Waals surface area contributed by atoms with Gasteiger partial charge in [0.2, 0.25) is 0 Å². The van der Waals surface area contributed by atoms with E-state index in [1.165, 1.54) is 0 Å². The number of urea groups is 1. The summed E-state index contributed by atoms with van der Waals surface area (Å²) in [6.45, 7) is 0.347. The average molecular weight is 295 g/mol. The van der Waals surface area contributed by atoms with Crippen LogP contribution in [0.15, 0.2) is 54.6 Å². The maximum Gasteiger partial charge on any atom is 0.319 e. The number of anilines is 1. The summed E-state index contributed by atoms with van der Waals surface area (Å²) in [5.74, 6) is 0. The molecular formula is C17H17N3O2. The van der Waals surface area contributed by atoms with Gasteiger partial charge in [0.25, 0.3) is 0 Å². The Labute approximate surface area is 129 Å². The lowest BCUT2D eigenvalue weighted by molar-refractivity contribution is 0.167. The summed E-state index contributed by atoms with van der Waals surface area (Å²) in [5.41, 5.74) is 1.86. The van der Waals surface area contributed by atoms with Crippen molar-refractivity contribution >= 4 is 11.7 Å². The highest BCUT2D eigenvalue weighted by atomic mass is 16.3. The van der Waals surface area contributed by atoms with Gasteiger partial charge in [0.15, 0.2) is 0 Å². The van der Waals surface area contributed by atoms with E-state index < -0.39 is 6.10 Å². The summed E-state index contributed by atoms with van der Waals surface area (Å²) in [4.78, 5) is 11.7. The van der Waals surface area contributed by atoms with E-state index in [-0.39, 0.29) is 6.03 Å². The first kappa shape index (κ1) is 15.5. The topological polar surface area (TPSA) is 85.2 Å². The van der Waals surface area contributed by atoms with Gasteiger partial charge in [-0.15, -0.1) is 0 Å². The molecule has 22 heavy (non-hydrogen) atoms. The van der Waals surface area contributed by atoms with Crippen LogP contribution < -0.4 is 10.6 Å². The van der Waals surface area contributed by atoms with E-state index in [1.807, 2.05) is 36.4 Å². The predicted octanol–water partition coefficient (Wildman–Crippen LogP) is 2.80. The summed E-state index contributed by atoms with van der Waals surface area (Å²) < 4.78 is 0. The average Bonchev–Trinajstić information content (AvgIpc) is 2.55. The van der Waals surface area contributed by atoms with Gasteiger partial charge in [-0.2, -0.15) is 5.26 Å². The number of aliphatic hydroxyl groups excluding tert-OH is 1. The van der Waals surface area contributed by atoms with Gasteiger partial charge in [-0.1, -0.05) is 36.4 Å². The Hall–Kier alpha value is -2.84. The molecule has 3 N–H and O–H groups in total. The van der Waals surface area contributed by atoms with Crippen molar-refractivity contribution in [2.24, 2.45) is 0 Å². The first-order valence-electron chi connectivity index (χ1n) is 6.97. The number of carbonyl (C=O) groups is 1. The number of nitriles is 1. The van der Waals surface area contributed by atoms with Crippen LogP contribution in [-0.2, 0) is 0 Å². The largest absolute Gasteiger partial charge is 0.388 e. The number of hydrogen-bond acceptors (Lipinski definition) is 3. The lowest BCUT2D eigenvalue weighted by atomic mass is 10.1. The molecule has 0 fully saturated rings. The van der Waals surface area contributed by atoms with E-state index in [4.69, 9.17) is 5.26 Å². The molecule has 2 aromatic rings. The molecule has 0 bridgehead atoms. The van der Waals surface area contributed by atoms with E-state index in [0.29, 0.717) is 24.2 Å². The molecule has 2 amide bonds. The van der Waals surface area contributed by atoms with Gasteiger partial charge in [0.1, 0.15) is 0 Å². The number of aliphatic hydroxyl groups is 1. The highest BCUT2D eigenvalue weighted by Crippen LogP contribution is 2.15. The Morgan fingerprint density at radius 3 is 2.68 bits per heavy atom. The summed E-state index contributed by atoms with van der Waals surface area (Å²) in [7, 11) is 0. The number of nitrogens with zero attached hydrogens (tertiary/aromatic N) is 1. The number of carbonyl (C=O) groups excluding carboxylic acids is 1. The van der Waals surface area contributed by atoms with E-state index >= 15 is 0 Å². The van der Waals surface area contributed by atoms with Gasteiger partial charge in [0, 0.05) is 12.2 Å².